The Bertz CT molecular complexity index is 2520. The normalized spacial score (nSPS) is 19.5. The van der Waals surface area contributed by atoms with Crippen molar-refractivity contribution in [3.05, 3.63) is 90.8 Å². The van der Waals surface area contributed by atoms with Crippen molar-refractivity contribution in [2.75, 3.05) is 52.3 Å². The van der Waals surface area contributed by atoms with E-state index in [0.717, 1.165) is 89.1 Å². The number of likely N-dealkylation sites (tertiary alicyclic amines) is 1. The number of fused-ring (bicyclic) bond motifs is 2. The van der Waals surface area contributed by atoms with Gasteiger partial charge in [-0.05, 0) is 68.4 Å². The molecule has 2 aromatic carbocycles. The summed E-state index contributed by atoms with van der Waals surface area (Å²) in [5.74, 6) is 1.33. The van der Waals surface area contributed by atoms with Gasteiger partial charge in [-0.25, -0.2) is 24.5 Å². The Morgan fingerprint density at radius 3 is 2.48 bits per heavy atom. The third-order valence-electron chi connectivity index (χ3n) is 11.8. The molecule has 0 radical (unpaired) electrons. The summed E-state index contributed by atoms with van der Waals surface area (Å²) < 4.78 is 13.6. The van der Waals surface area contributed by atoms with Gasteiger partial charge in [-0.1, -0.05) is 41.9 Å². The lowest BCUT2D eigenvalue weighted by Gasteiger charge is -2.40. The molecule has 2 saturated heterocycles. The molecule has 2 N–H and O–H groups in total. The molecule has 0 saturated carbocycles. The summed E-state index contributed by atoms with van der Waals surface area (Å²) in [5, 5.41) is 7.48. The topological polar surface area (TPSA) is 149 Å². The number of pyridine rings is 1. The minimum atomic E-state index is -0.480. The summed E-state index contributed by atoms with van der Waals surface area (Å²) in [6, 6.07) is 14.1. The van der Waals surface area contributed by atoms with Crippen molar-refractivity contribution in [3.8, 4) is 28.3 Å². The smallest absolute Gasteiger partial charge is 0.332 e. The number of halogens is 1. The molecule has 0 unspecified atom stereocenters. The summed E-state index contributed by atoms with van der Waals surface area (Å²) >= 11 is 7.29. The second-order valence-corrected chi connectivity index (χ2v) is 15.5. The van der Waals surface area contributed by atoms with Crippen LogP contribution >= 0.6 is 11.6 Å². The molecule has 0 bridgehead atoms. The Morgan fingerprint density at radius 2 is 1.71 bits per heavy atom. The van der Waals surface area contributed by atoms with E-state index in [1.54, 1.807) is 28.2 Å². The number of amides is 2. The van der Waals surface area contributed by atoms with Gasteiger partial charge < -0.3 is 25.0 Å². The molecule has 5 aromatic rings. The highest BCUT2D eigenvalue weighted by atomic mass is 35.5. The van der Waals surface area contributed by atoms with Gasteiger partial charge in [-0.3, -0.25) is 18.8 Å². The number of methoxy groups -OCH3 is 2. The van der Waals surface area contributed by atoms with E-state index in [9.17, 15) is 14.4 Å². The largest absolute Gasteiger partial charge is 0.481 e. The van der Waals surface area contributed by atoms with E-state index in [4.69, 9.17) is 26.1 Å². The molecule has 15 heteroatoms. The number of carbonyl (C=O) groups is 1. The predicted octanol–water partition coefficient (Wildman–Crippen LogP) is 5.27. The number of nitrogens with one attached hydrogen (secondary N) is 2. The molecule has 56 heavy (non-hydrogen) atoms. The maximum absolute atomic E-state index is 13.3. The molecule has 1 aliphatic carbocycles. The number of rotatable bonds is 9. The number of anilines is 2. The number of hydrogen-bond donors (Lipinski definition) is 2. The number of hydrogen-bond acceptors (Lipinski definition) is 10. The fourth-order valence-corrected chi connectivity index (χ4v) is 9.06. The summed E-state index contributed by atoms with van der Waals surface area (Å²) in [7, 11) is 6.35. The number of urea groups is 1. The molecule has 14 nitrogen and oxygen atoms in total. The zero-order chi connectivity index (χ0) is 39.5. The van der Waals surface area contributed by atoms with Crippen LogP contribution in [0.3, 0.4) is 0 Å². The van der Waals surface area contributed by atoms with Gasteiger partial charge in [0.05, 0.1) is 30.0 Å². The number of ether oxygens (including phenoxy) is 2. The number of nitrogens with zero attached hydrogens (tertiary/aromatic N) is 7. The molecule has 2 atom stereocenters. The molecule has 8 rings (SSSR count). The molecule has 3 aliphatic rings. The van der Waals surface area contributed by atoms with Gasteiger partial charge in [0, 0.05) is 75.8 Å². The first kappa shape index (κ1) is 37.6. The molecule has 292 valence electrons. The van der Waals surface area contributed by atoms with Gasteiger partial charge in [0.25, 0.3) is 5.56 Å². The number of aryl methyl sites for hydroxylation is 3. The Hall–Kier alpha value is -5.31. The Kier molecular flexibility index (Phi) is 9.83. The summed E-state index contributed by atoms with van der Waals surface area (Å²) in [5.41, 5.74) is 6.24. The van der Waals surface area contributed by atoms with Gasteiger partial charge in [-0.2, -0.15) is 0 Å². The second-order valence-electron chi connectivity index (χ2n) is 15.1. The highest BCUT2D eigenvalue weighted by molar-refractivity contribution is 6.36. The maximum Gasteiger partial charge on any atom is 0.332 e. The Morgan fingerprint density at radius 1 is 0.964 bits per heavy atom. The van der Waals surface area contributed by atoms with Crippen LogP contribution in [0.15, 0.2) is 52.1 Å². The van der Waals surface area contributed by atoms with Crippen LogP contribution in [0.4, 0.5) is 16.3 Å². The number of aromatic nitrogens is 5. The molecule has 3 aromatic heterocycles. The first-order valence-corrected chi connectivity index (χ1v) is 19.3. The number of benzene rings is 2. The van der Waals surface area contributed by atoms with Crippen molar-refractivity contribution >= 4 is 40.2 Å². The van der Waals surface area contributed by atoms with Crippen LogP contribution in [0.25, 0.3) is 33.4 Å². The lowest BCUT2D eigenvalue weighted by molar-refractivity contribution is 0.114. The van der Waals surface area contributed by atoms with Crippen LogP contribution in [0.1, 0.15) is 47.8 Å². The quantitative estimate of drug-likeness (QED) is 0.203. The average Bonchev–Trinajstić information content (AvgIpc) is 3.80. The summed E-state index contributed by atoms with van der Waals surface area (Å²) in [6.45, 7) is 7.23. The van der Waals surface area contributed by atoms with E-state index in [-0.39, 0.29) is 28.6 Å². The monoisotopic (exact) mass is 779 g/mol. The predicted molar refractivity (Wildman–Crippen MR) is 216 cm³/mol. The summed E-state index contributed by atoms with van der Waals surface area (Å²) in [6.07, 6.45) is 3.63. The van der Waals surface area contributed by atoms with Crippen LogP contribution in [0, 0.1) is 13.8 Å². The van der Waals surface area contributed by atoms with Crippen molar-refractivity contribution in [2.24, 2.45) is 14.1 Å². The minimum Gasteiger partial charge on any atom is -0.481 e. The Labute approximate surface area is 329 Å². The van der Waals surface area contributed by atoms with E-state index < -0.39 is 11.2 Å². The highest BCUT2D eigenvalue weighted by Crippen LogP contribution is 2.47. The van der Waals surface area contributed by atoms with E-state index in [1.165, 1.54) is 17.2 Å². The lowest BCUT2D eigenvalue weighted by Crippen LogP contribution is -2.61. The number of carbonyl (C=O) groups excluding carboxylic acids is 1. The zero-order valence-corrected chi connectivity index (χ0v) is 33.3. The highest BCUT2D eigenvalue weighted by Gasteiger charge is 2.46. The van der Waals surface area contributed by atoms with E-state index in [2.05, 4.69) is 31.6 Å². The van der Waals surface area contributed by atoms with Crippen molar-refractivity contribution < 1.29 is 14.3 Å². The second kappa shape index (κ2) is 14.6. The minimum absolute atomic E-state index is 0.0150. The van der Waals surface area contributed by atoms with Crippen LogP contribution in [-0.2, 0) is 25.3 Å². The van der Waals surface area contributed by atoms with Gasteiger partial charge >= 0.3 is 11.7 Å². The standard InChI is InChI=1S/C41H46ClN9O5/c1-23-26(9-8-12-29(23)45-35-33-36(44-24(2)43-35)48(3)40(54)49(4)38(33)52)27-10-7-11-28(34(27)42)30-21-25-13-14-31(32(25)37(46-30)56-6)51-18-16-41(22-51)15-17-50(19-20-55-5)39(53)47-41/h7-12,21,31H,13-20,22H2,1-6H3,(H,47,53)(H,43,44,45)/t31-,41+/m0/s1. The van der Waals surface area contributed by atoms with Crippen LogP contribution in [-0.4, -0.2) is 92.5 Å². The summed E-state index contributed by atoms with van der Waals surface area (Å²) in [4.78, 5) is 57.3. The van der Waals surface area contributed by atoms with Crippen molar-refractivity contribution in [3.63, 3.8) is 0 Å². The van der Waals surface area contributed by atoms with E-state index >= 15 is 0 Å². The van der Waals surface area contributed by atoms with Crippen molar-refractivity contribution in [1.82, 2.24) is 39.2 Å². The van der Waals surface area contributed by atoms with Gasteiger partial charge in [0.1, 0.15) is 17.0 Å². The van der Waals surface area contributed by atoms with Gasteiger partial charge in [0.2, 0.25) is 5.88 Å². The third kappa shape index (κ3) is 6.39. The fraction of sp³-hybridized carbons (Fsp3) is 0.415. The van der Waals surface area contributed by atoms with E-state index in [0.29, 0.717) is 35.7 Å². The van der Waals surface area contributed by atoms with Crippen LogP contribution < -0.4 is 26.6 Å². The molecule has 1 spiro atoms. The van der Waals surface area contributed by atoms with Gasteiger partial charge in [0.15, 0.2) is 5.65 Å². The zero-order valence-electron chi connectivity index (χ0n) is 32.5. The van der Waals surface area contributed by atoms with Crippen molar-refractivity contribution in [2.45, 2.75) is 51.1 Å². The van der Waals surface area contributed by atoms with Crippen molar-refractivity contribution in [1.29, 1.82) is 0 Å². The van der Waals surface area contributed by atoms with E-state index in [1.807, 2.05) is 48.2 Å². The molecule has 2 fully saturated rings. The molecule has 2 aliphatic heterocycles. The molecule has 5 heterocycles. The average molecular weight is 780 g/mol. The first-order chi connectivity index (χ1) is 26.9. The maximum atomic E-state index is 13.3. The molecular formula is C41H46ClN9O5. The third-order valence-corrected chi connectivity index (χ3v) is 12.2. The first-order valence-electron chi connectivity index (χ1n) is 18.9. The van der Waals surface area contributed by atoms with Crippen LogP contribution in [0.2, 0.25) is 5.02 Å². The van der Waals surface area contributed by atoms with Gasteiger partial charge in [-0.15, -0.1) is 0 Å². The SMILES string of the molecule is COCCN1CC[C@]2(CCN([C@H]3CCc4cc(-c5cccc(-c6cccc(Nc7nc(C)nc8c7c(=O)n(C)c(=O)n8C)c6C)c5Cl)nc(OC)c43)C2)NC1=O. The Balaban J connectivity index is 1.08. The molecule has 2 amide bonds. The lowest BCUT2D eigenvalue weighted by atomic mass is 9.92. The fourth-order valence-electron chi connectivity index (χ4n) is 8.74. The molecular weight excluding hydrogens is 734 g/mol. The van der Waals surface area contributed by atoms with Crippen LogP contribution in [0.5, 0.6) is 5.88 Å².